The van der Waals surface area contributed by atoms with Crippen molar-refractivity contribution in [2.75, 3.05) is 0 Å². The molecule has 0 fully saturated rings. The molecule has 90 valence electrons. The van der Waals surface area contributed by atoms with E-state index >= 15 is 0 Å². The lowest BCUT2D eigenvalue weighted by Crippen LogP contribution is -1.92. The van der Waals surface area contributed by atoms with Gasteiger partial charge in [-0.2, -0.15) is 0 Å². The second-order valence-electron chi connectivity index (χ2n) is 4.72. The van der Waals surface area contributed by atoms with E-state index in [9.17, 15) is 4.79 Å². The van der Waals surface area contributed by atoms with E-state index in [0.717, 1.165) is 33.7 Å². The maximum atomic E-state index is 11.7. The van der Waals surface area contributed by atoms with Crippen molar-refractivity contribution >= 4 is 17.4 Å². The highest BCUT2D eigenvalue weighted by Crippen LogP contribution is 2.33. The summed E-state index contributed by atoms with van der Waals surface area (Å²) in [6.45, 7) is 1.99. The average molecular weight is 257 g/mol. The third kappa shape index (κ3) is 1.75. The third-order valence-corrected chi connectivity index (χ3v) is 3.97. The summed E-state index contributed by atoms with van der Waals surface area (Å²) in [6.07, 6.45) is 1.47. The first-order valence-electron chi connectivity index (χ1n) is 6.08. The summed E-state index contributed by atoms with van der Waals surface area (Å²) in [5.74, 6) is 0.255. The van der Waals surface area contributed by atoms with Gasteiger partial charge >= 0.3 is 0 Å². The fourth-order valence-electron chi connectivity index (χ4n) is 2.52. The number of ketones is 1. The molecule has 0 saturated heterocycles. The van der Waals surface area contributed by atoms with Gasteiger partial charge in [0.15, 0.2) is 5.78 Å². The molecule has 18 heavy (non-hydrogen) atoms. The SMILES string of the molecule is Cc1ccc(-c2cccc3c2CCC3=O)cc1Cl. The molecule has 0 radical (unpaired) electrons. The molecule has 3 rings (SSSR count). The molecule has 0 aromatic heterocycles. The van der Waals surface area contributed by atoms with Crippen molar-refractivity contribution < 1.29 is 4.79 Å². The van der Waals surface area contributed by atoms with Crippen LogP contribution in [0, 0.1) is 6.92 Å². The second kappa shape index (κ2) is 4.25. The number of carbonyl (C=O) groups is 1. The van der Waals surface area contributed by atoms with Crippen LogP contribution in [0.15, 0.2) is 36.4 Å². The van der Waals surface area contributed by atoms with Gasteiger partial charge in [-0.25, -0.2) is 0 Å². The number of halogens is 1. The summed E-state index contributed by atoms with van der Waals surface area (Å²) in [5.41, 5.74) is 5.35. The zero-order valence-corrected chi connectivity index (χ0v) is 10.9. The van der Waals surface area contributed by atoms with Crippen LogP contribution in [-0.4, -0.2) is 5.78 Å². The number of carbonyl (C=O) groups excluding carboxylic acids is 1. The molecule has 0 aliphatic heterocycles. The highest BCUT2D eigenvalue weighted by molar-refractivity contribution is 6.31. The number of Topliss-reactive ketones (excluding diaryl/α,β-unsaturated/α-hetero) is 1. The molecule has 0 heterocycles. The fraction of sp³-hybridized carbons (Fsp3) is 0.188. The number of hydrogen-bond acceptors (Lipinski definition) is 1. The number of rotatable bonds is 1. The molecule has 2 aromatic rings. The van der Waals surface area contributed by atoms with Gasteiger partial charge in [0.05, 0.1) is 0 Å². The van der Waals surface area contributed by atoms with Gasteiger partial charge in [0, 0.05) is 17.0 Å². The molecule has 0 saturated carbocycles. The molecule has 0 spiro atoms. The van der Waals surface area contributed by atoms with Crippen LogP contribution in [-0.2, 0) is 6.42 Å². The number of hydrogen-bond donors (Lipinski definition) is 0. The van der Waals surface area contributed by atoms with Crippen molar-refractivity contribution in [3.05, 3.63) is 58.1 Å². The van der Waals surface area contributed by atoms with E-state index in [2.05, 4.69) is 12.1 Å². The second-order valence-corrected chi connectivity index (χ2v) is 5.13. The quantitative estimate of drug-likeness (QED) is 0.737. The van der Waals surface area contributed by atoms with Crippen molar-refractivity contribution in [2.45, 2.75) is 19.8 Å². The van der Waals surface area contributed by atoms with E-state index in [1.165, 1.54) is 5.56 Å². The lowest BCUT2D eigenvalue weighted by molar-refractivity contribution is 0.0994. The van der Waals surface area contributed by atoms with Gasteiger partial charge in [-0.15, -0.1) is 0 Å². The first-order valence-corrected chi connectivity index (χ1v) is 6.46. The molecule has 1 aliphatic carbocycles. The van der Waals surface area contributed by atoms with E-state index in [-0.39, 0.29) is 5.78 Å². The molecule has 0 atom stereocenters. The van der Waals surface area contributed by atoms with Crippen LogP contribution >= 0.6 is 11.6 Å². The molecule has 0 bridgehead atoms. The summed E-state index contributed by atoms with van der Waals surface area (Å²) >= 11 is 6.18. The standard InChI is InChI=1S/C16H13ClO/c1-10-5-6-11(9-15(10)17)12-3-2-4-14-13(12)7-8-16(14)18/h2-6,9H,7-8H2,1H3. The number of aryl methyl sites for hydroxylation is 1. The van der Waals surface area contributed by atoms with Crippen molar-refractivity contribution in [1.82, 2.24) is 0 Å². The normalized spacial score (nSPS) is 13.8. The zero-order valence-electron chi connectivity index (χ0n) is 10.2. The van der Waals surface area contributed by atoms with Gasteiger partial charge in [-0.05, 0) is 41.7 Å². The van der Waals surface area contributed by atoms with Gasteiger partial charge in [0.25, 0.3) is 0 Å². The Labute approximate surface area is 111 Å². The van der Waals surface area contributed by atoms with E-state index < -0.39 is 0 Å². The van der Waals surface area contributed by atoms with E-state index in [4.69, 9.17) is 11.6 Å². The Hall–Kier alpha value is -1.60. The smallest absolute Gasteiger partial charge is 0.163 e. The van der Waals surface area contributed by atoms with Gasteiger partial charge in [0.2, 0.25) is 0 Å². The van der Waals surface area contributed by atoms with Crippen LogP contribution in [0.1, 0.15) is 27.9 Å². The van der Waals surface area contributed by atoms with Crippen LogP contribution in [0.5, 0.6) is 0 Å². The summed E-state index contributed by atoms with van der Waals surface area (Å²) < 4.78 is 0. The minimum atomic E-state index is 0.255. The van der Waals surface area contributed by atoms with Gasteiger partial charge in [0.1, 0.15) is 0 Å². The summed E-state index contributed by atoms with van der Waals surface area (Å²) in [4.78, 5) is 11.7. The van der Waals surface area contributed by atoms with Crippen molar-refractivity contribution in [3.8, 4) is 11.1 Å². The van der Waals surface area contributed by atoms with Crippen LogP contribution in [0.3, 0.4) is 0 Å². The maximum Gasteiger partial charge on any atom is 0.163 e. The predicted molar refractivity (Wildman–Crippen MR) is 74.3 cm³/mol. The highest BCUT2D eigenvalue weighted by Gasteiger charge is 2.22. The maximum absolute atomic E-state index is 11.7. The first kappa shape index (κ1) is 11.5. The lowest BCUT2D eigenvalue weighted by Gasteiger charge is -2.09. The molecule has 0 unspecified atom stereocenters. The largest absolute Gasteiger partial charge is 0.294 e. The molecule has 0 amide bonds. The Kier molecular flexibility index (Phi) is 2.71. The van der Waals surface area contributed by atoms with Crippen LogP contribution < -0.4 is 0 Å². The average Bonchev–Trinajstić information content (AvgIpc) is 2.75. The third-order valence-electron chi connectivity index (χ3n) is 3.56. The van der Waals surface area contributed by atoms with Gasteiger partial charge < -0.3 is 0 Å². The molecule has 2 heteroatoms. The summed E-state index contributed by atoms with van der Waals surface area (Å²) in [6, 6.07) is 12.0. The van der Waals surface area contributed by atoms with E-state index in [0.29, 0.717) is 6.42 Å². The van der Waals surface area contributed by atoms with Gasteiger partial charge in [-0.3, -0.25) is 4.79 Å². The Morgan fingerprint density at radius 1 is 1.06 bits per heavy atom. The zero-order chi connectivity index (χ0) is 12.7. The minimum Gasteiger partial charge on any atom is -0.294 e. The topological polar surface area (TPSA) is 17.1 Å². The molecule has 1 nitrogen and oxygen atoms in total. The molecule has 0 N–H and O–H groups in total. The van der Waals surface area contributed by atoms with Crippen molar-refractivity contribution in [2.24, 2.45) is 0 Å². The van der Waals surface area contributed by atoms with E-state index in [1.54, 1.807) is 0 Å². The Balaban J connectivity index is 2.18. The Morgan fingerprint density at radius 3 is 2.61 bits per heavy atom. The highest BCUT2D eigenvalue weighted by atomic mass is 35.5. The minimum absolute atomic E-state index is 0.255. The molecular weight excluding hydrogens is 244 g/mol. The Morgan fingerprint density at radius 2 is 1.83 bits per heavy atom. The number of benzene rings is 2. The van der Waals surface area contributed by atoms with Crippen LogP contribution in [0.4, 0.5) is 0 Å². The lowest BCUT2D eigenvalue weighted by atomic mass is 9.96. The van der Waals surface area contributed by atoms with Crippen LogP contribution in [0.25, 0.3) is 11.1 Å². The van der Waals surface area contributed by atoms with Crippen molar-refractivity contribution in [1.29, 1.82) is 0 Å². The fourth-order valence-corrected chi connectivity index (χ4v) is 2.70. The summed E-state index contributed by atoms with van der Waals surface area (Å²) in [7, 11) is 0. The predicted octanol–water partition coefficient (Wildman–Crippen LogP) is 4.44. The molecule has 1 aliphatic rings. The van der Waals surface area contributed by atoms with E-state index in [1.807, 2.05) is 31.2 Å². The van der Waals surface area contributed by atoms with Crippen LogP contribution in [0.2, 0.25) is 5.02 Å². The van der Waals surface area contributed by atoms with Gasteiger partial charge in [-0.1, -0.05) is 41.9 Å². The van der Waals surface area contributed by atoms with Crippen molar-refractivity contribution in [3.63, 3.8) is 0 Å². The monoisotopic (exact) mass is 256 g/mol. The number of fused-ring (bicyclic) bond motifs is 1. The first-order chi connectivity index (χ1) is 8.66. The Bertz CT molecular complexity index is 644. The summed E-state index contributed by atoms with van der Waals surface area (Å²) in [5, 5.41) is 0.773. The molecule has 2 aromatic carbocycles. The molecular formula is C16H13ClO.